The molecule has 23 heavy (non-hydrogen) atoms. The van der Waals surface area contributed by atoms with Crippen LogP contribution in [0.3, 0.4) is 0 Å². The number of aldehydes is 1. The molecule has 1 saturated carbocycles. The van der Waals surface area contributed by atoms with Crippen LogP contribution in [0.5, 0.6) is 0 Å². The van der Waals surface area contributed by atoms with Crippen LogP contribution in [0.25, 0.3) is 0 Å². The minimum Gasteiger partial charge on any atom is -0.444 e. The first kappa shape index (κ1) is 17.4. The van der Waals surface area contributed by atoms with Crippen molar-refractivity contribution < 1.29 is 23.1 Å². The largest absolute Gasteiger partial charge is 0.444 e. The molecule has 0 aromatic heterocycles. The van der Waals surface area contributed by atoms with Gasteiger partial charge in [0.15, 0.2) is 0 Å². The molecular formula is C17H21F2NO3. The van der Waals surface area contributed by atoms with E-state index in [-0.39, 0.29) is 6.42 Å². The van der Waals surface area contributed by atoms with E-state index in [0.717, 1.165) is 11.8 Å². The molecular weight excluding hydrogens is 304 g/mol. The van der Waals surface area contributed by atoms with Gasteiger partial charge in [0.2, 0.25) is 0 Å². The molecule has 1 aromatic carbocycles. The number of amides is 1. The molecule has 0 heterocycles. The number of hydrogen-bond donors (Lipinski definition) is 1. The molecule has 1 fully saturated rings. The molecule has 1 amide bonds. The topological polar surface area (TPSA) is 55.4 Å². The summed E-state index contributed by atoms with van der Waals surface area (Å²) in [6.07, 6.45) is -0.558. The van der Waals surface area contributed by atoms with Gasteiger partial charge in [-0.25, -0.2) is 13.6 Å². The van der Waals surface area contributed by atoms with Crippen LogP contribution < -0.4 is 5.32 Å². The molecule has 0 aliphatic heterocycles. The summed E-state index contributed by atoms with van der Waals surface area (Å²) in [6.45, 7) is 5.15. The van der Waals surface area contributed by atoms with Crippen molar-refractivity contribution in [1.82, 2.24) is 5.32 Å². The predicted molar refractivity (Wildman–Crippen MR) is 81.8 cm³/mol. The summed E-state index contributed by atoms with van der Waals surface area (Å²) in [5, 5.41) is 2.61. The zero-order valence-corrected chi connectivity index (χ0v) is 13.5. The zero-order chi connectivity index (χ0) is 17.3. The first-order chi connectivity index (χ1) is 10.5. The summed E-state index contributed by atoms with van der Waals surface area (Å²) in [6, 6.07) is 6.66. The molecule has 4 nitrogen and oxygen atoms in total. The predicted octanol–water partition coefficient (Wildman–Crippen LogP) is 3.73. The lowest BCUT2D eigenvalue weighted by Gasteiger charge is -2.47. The van der Waals surface area contributed by atoms with E-state index in [0.29, 0.717) is 5.56 Å². The van der Waals surface area contributed by atoms with Gasteiger partial charge in [-0.05, 0) is 32.8 Å². The van der Waals surface area contributed by atoms with Gasteiger partial charge in [0.25, 0.3) is 5.92 Å². The van der Waals surface area contributed by atoms with Crippen molar-refractivity contribution in [3.8, 4) is 0 Å². The van der Waals surface area contributed by atoms with E-state index in [2.05, 4.69) is 5.32 Å². The number of ether oxygens (including phenoxy) is 1. The number of benzene rings is 1. The lowest BCUT2D eigenvalue weighted by Crippen LogP contribution is -2.64. The average Bonchev–Trinajstić information content (AvgIpc) is 2.34. The molecule has 0 saturated heterocycles. The molecule has 0 atom stereocenters. The minimum absolute atomic E-state index is 0.265. The Hall–Kier alpha value is -1.98. The van der Waals surface area contributed by atoms with Crippen molar-refractivity contribution in [2.24, 2.45) is 0 Å². The molecule has 1 aliphatic carbocycles. The molecule has 126 valence electrons. The summed E-state index contributed by atoms with van der Waals surface area (Å²) in [5.74, 6) is -2.78. The molecule has 0 bridgehead atoms. The Balaban J connectivity index is 2.10. The molecule has 0 radical (unpaired) electrons. The molecule has 6 heteroatoms. The summed E-state index contributed by atoms with van der Waals surface area (Å²) >= 11 is 0. The van der Waals surface area contributed by atoms with Crippen LogP contribution in [0.2, 0.25) is 0 Å². The first-order valence-electron chi connectivity index (χ1n) is 7.46. The van der Waals surface area contributed by atoms with Gasteiger partial charge in [0.05, 0.1) is 5.54 Å². The lowest BCUT2D eigenvalue weighted by molar-refractivity contribution is -0.132. The molecule has 1 aromatic rings. The average molecular weight is 325 g/mol. The lowest BCUT2D eigenvalue weighted by atomic mass is 9.70. The summed E-state index contributed by atoms with van der Waals surface area (Å²) in [7, 11) is 0. The van der Waals surface area contributed by atoms with Gasteiger partial charge in [-0.1, -0.05) is 24.3 Å². The summed E-state index contributed by atoms with van der Waals surface area (Å²) < 4.78 is 32.0. The van der Waals surface area contributed by atoms with Crippen LogP contribution >= 0.6 is 0 Å². The Morgan fingerprint density at radius 1 is 1.26 bits per heavy atom. The molecule has 0 spiro atoms. The van der Waals surface area contributed by atoms with E-state index in [4.69, 9.17) is 4.74 Å². The maximum Gasteiger partial charge on any atom is 0.408 e. The van der Waals surface area contributed by atoms with Gasteiger partial charge in [-0.15, -0.1) is 0 Å². The van der Waals surface area contributed by atoms with Gasteiger partial charge in [-0.3, -0.25) is 4.79 Å². The number of carbonyl (C=O) groups is 2. The van der Waals surface area contributed by atoms with Crippen molar-refractivity contribution >= 4 is 12.4 Å². The highest BCUT2D eigenvalue weighted by Crippen LogP contribution is 2.47. The molecule has 0 unspecified atom stereocenters. The fraction of sp³-hybridized carbons (Fsp3) is 0.529. The molecule has 1 aliphatic rings. The maximum absolute atomic E-state index is 13.4. The van der Waals surface area contributed by atoms with Crippen molar-refractivity contribution in [2.75, 3.05) is 0 Å². The Morgan fingerprint density at radius 3 is 2.26 bits per heavy atom. The van der Waals surface area contributed by atoms with E-state index < -0.39 is 36.0 Å². The Kier molecular flexibility index (Phi) is 4.46. The quantitative estimate of drug-likeness (QED) is 0.858. The highest BCUT2D eigenvalue weighted by Gasteiger charge is 2.57. The van der Waals surface area contributed by atoms with Crippen LogP contribution in [0.1, 0.15) is 49.5 Å². The minimum atomic E-state index is -2.78. The number of hydrogen-bond acceptors (Lipinski definition) is 3. The fourth-order valence-electron chi connectivity index (χ4n) is 2.82. The fourth-order valence-corrected chi connectivity index (χ4v) is 2.82. The Bertz CT molecular complexity index is 583. The van der Waals surface area contributed by atoms with Crippen molar-refractivity contribution in [3.05, 3.63) is 35.4 Å². The Labute approximate surface area is 134 Å². The van der Waals surface area contributed by atoms with Crippen LogP contribution in [-0.4, -0.2) is 29.4 Å². The second-order valence-corrected chi connectivity index (χ2v) is 7.15. The van der Waals surface area contributed by atoms with Gasteiger partial charge in [0.1, 0.15) is 11.9 Å². The van der Waals surface area contributed by atoms with Crippen molar-refractivity contribution in [2.45, 2.75) is 57.1 Å². The maximum atomic E-state index is 13.4. The summed E-state index contributed by atoms with van der Waals surface area (Å²) in [5.41, 5.74) is -0.415. The van der Waals surface area contributed by atoms with E-state index >= 15 is 0 Å². The highest BCUT2D eigenvalue weighted by molar-refractivity contribution is 5.74. The third-order valence-electron chi connectivity index (χ3n) is 3.62. The number of nitrogens with one attached hydrogen (secondary N) is 1. The standard InChI is InChI=1S/C17H21F2NO3/c1-15(2,3)23-14(22)20-16(10-17(18,19)11-16)8-12-4-6-13(9-21)7-5-12/h4-7,9H,8,10-11H2,1-3H3,(H,20,22). The third-order valence-corrected chi connectivity index (χ3v) is 3.62. The van der Waals surface area contributed by atoms with E-state index in [1.165, 1.54) is 0 Å². The Morgan fingerprint density at radius 2 is 1.83 bits per heavy atom. The third kappa shape index (κ3) is 4.74. The number of rotatable bonds is 4. The number of carbonyl (C=O) groups excluding carboxylic acids is 2. The van der Waals surface area contributed by atoms with Crippen LogP contribution in [0.4, 0.5) is 13.6 Å². The van der Waals surface area contributed by atoms with Crippen LogP contribution in [0, 0.1) is 0 Å². The molecule has 2 rings (SSSR count). The van der Waals surface area contributed by atoms with E-state index in [1.54, 1.807) is 45.0 Å². The van der Waals surface area contributed by atoms with E-state index in [9.17, 15) is 18.4 Å². The normalized spacial score (nSPS) is 18.7. The van der Waals surface area contributed by atoms with Crippen molar-refractivity contribution in [1.29, 1.82) is 0 Å². The monoisotopic (exact) mass is 325 g/mol. The highest BCUT2D eigenvalue weighted by atomic mass is 19.3. The smallest absolute Gasteiger partial charge is 0.408 e. The SMILES string of the molecule is CC(C)(C)OC(=O)NC1(Cc2ccc(C=O)cc2)CC(F)(F)C1. The number of alkyl carbamates (subject to hydrolysis) is 1. The van der Waals surface area contributed by atoms with Crippen LogP contribution in [-0.2, 0) is 11.2 Å². The van der Waals surface area contributed by atoms with Gasteiger partial charge >= 0.3 is 6.09 Å². The number of alkyl halides is 2. The van der Waals surface area contributed by atoms with E-state index in [1.807, 2.05) is 0 Å². The second kappa shape index (κ2) is 5.91. The van der Waals surface area contributed by atoms with Gasteiger partial charge in [-0.2, -0.15) is 0 Å². The van der Waals surface area contributed by atoms with Crippen molar-refractivity contribution in [3.63, 3.8) is 0 Å². The number of halogens is 2. The molecule has 1 N–H and O–H groups in total. The second-order valence-electron chi connectivity index (χ2n) is 7.15. The van der Waals surface area contributed by atoms with Gasteiger partial charge < -0.3 is 10.1 Å². The zero-order valence-electron chi connectivity index (χ0n) is 13.5. The van der Waals surface area contributed by atoms with Crippen LogP contribution in [0.15, 0.2) is 24.3 Å². The van der Waals surface area contributed by atoms with Gasteiger partial charge in [0, 0.05) is 18.4 Å². The first-order valence-corrected chi connectivity index (χ1v) is 7.46. The summed E-state index contributed by atoms with van der Waals surface area (Å²) in [4.78, 5) is 22.6.